The van der Waals surface area contributed by atoms with E-state index >= 15 is 0 Å². The van der Waals surface area contributed by atoms with Crippen LogP contribution >= 0.6 is 11.8 Å². The lowest BCUT2D eigenvalue weighted by Crippen LogP contribution is -2.30. The number of hydrogen-bond donors (Lipinski definition) is 2. The van der Waals surface area contributed by atoms with E-state index in [0.717, 1.165) is 10.6 Å². The Morgan fingerprint density at radius 3 is 2.30 bits per heavy atom. The highest BCUT2D eigenvalue weighted by Crippen LogP contribution is 2.28. The van der Waals surface area contributed by atoms with E-state index in [4.69, 9.17) is 0 Å². The molecule has 2 aromatic rings. The first-order valence-electron chi connectivity index (χ1n) is 9.57. The van der Waals surface area contributed by atoms with Gasteiger partial charge >= 0.3 is 0 Å². The fourth-order valence-corrected chi connectivity index (χ4v) is 4.89. The normalized spacial score (nSPS) is 16.9. The summed E-state index contributed by atoms with van der Waals surface area (Å²) in [7, 11) is -3.59. The number of carbonyl (C=O) groups is 2. The second-order valence-electron chi connectivity index (χ2n) is 7.39. The van der Waals surface area contributed by atoms with Gasteiger partial charge in [-0.15, -0.1) is 11.8 Å². The van der Waals surface area contributed by atoms with Crippen molar-refractivity contribution in [1.29, 1.82) is 0 Å². The number of nitrogens with one attached hydrogen (secondary N) is 2. The van der Waals surface area contributed by atoms with Gasteiger partial charge in [0.25, 0.3) is 0 Å². The van der Waals surface area contributed by atoms with Gasteiger partial charge in [0, 0.05) is 35.3 Å². The largest absolute Gasteiger partial charge is 0.326 e. The fraction of sp³-hybridized carbons (Fsp3) is 0.333. The minimum atomic E-state index is -3.59. The smallest absolute Gasteiger partial charge is 0.240 e. The van der Waals surface area contributed by atoms with E-state index in [2.05, 4.69) is 10.0 Å². The number of carbonyl (C=O) groups excluding carboxylic acids is 2. The number of nitrogens with zero attached hydrogens (tertiary/aromatic N) is 1. The van der Waals surface area contributed by atoms with E-state index in [1.807, 2.05) is 30.5 Å². The van der Waals surface area contributed by atoms with Crippen molar-refractivity contribution in [2.24, 2.45) is 5.92 Å². The summed E-state index contributed by atoms with van der Waals surface area (Å²) < 4.78 is 26.9. The van der Waals surface area contributed by atoms with Gasteiger partial charge in [0.15, 0.2) is 0 Å². The Bertz CT molecular complexity index is 1020. The molecule has 0 aliphatic carbocycles. The zero-order valence-electron chi connectivity index (χ0n) is 17.1. The molecular weight excluding hydrogens is 422 g/mol. The van der Waals surface area contributed by atoms with Gasteiger partial charge in [-0.2, -0.15) is 0 Å². The molecule has 0 radical (unpaired) electrons. The molecule has 3 rings (SSSR count). The third-order valence-electron chi connectivity index (χ3n) is 4.70. The lowest BCUT2D eigenvalue weighted by molar-refractivity contribution is -0.122. The summed E-state index contributed by atoms with van der Waals surface area (Å²) in [5, 5.41) is 2.78. The molecule has 1 heterocycles. The Balaban J connectivity index is 1.64. The van der Waals surface area contributed by atoms with E-state index in [9.17, 15) is 18.0 Å². The third kappa shape index (κ3) is 5.21. The molecule has 0 bridgehead atoms. The SMILES string of the molecule is CSc1ccc(N2C[C@@H](C(=O)Nc3ccc(S(=O)(=O)NC(C)C)cc3)CC2=O)cc1. The van der Waals surface area contributed by atoms with Crippen LogP contribution in [0, 0.1) is 5.92 Å². The van der Waals surface area contributed by atoms with Gasteiger partial charge in [-0.05, 0) is 68.6 Å². The molecule has 7 nitrogen and oxygen atoms in total. The van der Waals surface area contributed by atoms with Crippen LogP contribution in [0.4, 0.5) is 11.4 Å². The third-order valence-corrected chi connectivity index (χ3v) is 7.12. The molecule has 2 aromatic carbocycles. The van der Waals surface area contributed by atoms with Crippen LogP contribution in [0.1, 0.15) is 20.3 Å². The van der Waals surface area contributed by atoms with Crippen LogP contribution in [0.25, 0.3) is 0 Å². The molecule has 0 aromatic heterocycles. The summed E-state index contributed by atoms with van der Waals surface area (Å²) in [6.45, 7) is 3.80. The highest BCUT2D eigenvalue weighted by Gasteiger charge is 2.35. The van der Waals surface area contributed by atoms with Crippen molar-refractivity contribution in [1.82, 2.24) is 4.72 Å². The number of sulfonamides is 1. The average molecular weight is 448 g/mol. The molecule has 2 amide bonds. The standard InChI is InChI=1S/C21H25N3O4S2/c1-14(2)23-30(27,28)19-10-4-16(5-11-19)22-21(26)15-12-20(25)24(13-15)17-6-8-18(29-3)9-7-17/h4-11,14-15,23H,12-13H2,1-3H3,(H,22,26)/t15-/m0/s1. The summed E-state index contributed by atoms with van der Waals surface area (Å²) >= 11 is 1.62. The lowest BCUT2D eigenvalue weighted by atomic mass is 10.1. The minimum absolute atomic E-state index is 0.0896. The van der Waals surface area contributed by atoms with Crippen LogP contribution in [0.15, 0.2) is 58.3 Å². The van der Waals surface area contributed by atoms with Gasteiger partial charge in [-0.1, -0.05) is 0 Å². The quantitative estimate of drug-likeness (QED) is 0.636. The number of benzene rings is 2. The van der Waals surface area contributed by atoms with Crippen molar-refractivity contribution in [3.05, 3.63) is 48.5 Å². The Labute approximate surface area is 181 Å². The molecule has 1 aliphatic rings. The molecule has 0 spiro atoms. The Kier molecular flexibility index (Phi) is 6.84. The first kappa shape index (κ1) is 22.3. The maximum absolute atomic E-state index is 12.6. The van der Waals surface area contributed by atoms with Crippen LogP contribution in [0.5, 0.6) is 0 Å². The summed E-state index contributed by atoms with van der Waals surface area (Å²) in [5.41, 5.74) is 1.26. The Hall–Kier alpha value is -2.36. The summed E-state index contributed by atoms with van der Waals surface area (Å²) in [6.07, 6.45) is 2.13. The van der Waals surface area contributed by atoms with Gasteiger partial charge in [0.05, 0.1) is 10.8 Å². The second-order valence-corrected chi connectivity index (χ2v) is 9.99. The maximum atomic E-state index is 12.6. The minimum Gasteiger partial charge on any atom is -0.326 e. The van der Waals surface area contributed by atoms with Gasteiger partial charge in [0.2, 0.25) is 21.8 Å². The van der Waals surface area contributed by atoms with Crippen LogP contribution in [-0.4, -0.2) is 39.1 Å². The molecule has 1 aliphatic heterocycles. The molecule has 1 atom stereocenters. The van der Waals surface area contributed by atoms with Gasteiger partial charge in [-0.25, -0.2) is 13.1 Å². The molecule has 2 N–H and O–H groups in total. The molecule has 1 saturated heterocycles. The molecule has 9 heteroatoms. The molecule has 30 heavy (non-hydrogen) atoms. The van der Waals surface area contributed by atoms with E-state index in [0.29, 0.717) is 12.2 Å². The first-order chi connectivity index (χ1) is 14.2. The Morgan fingerprint density at radius 1 is 1.10 bits per heavy atom. The monoisotopic (exact) mass is 447 g/mol. The van der Waals surface area contributed by atoms with Crippen molar-refractivity contribution < 1.29 is 18.0 Å². The molecule has 0 unspecified atom stereocenters. The predicted octanol–water partition coefficient (Wildman–Crippen LogP) is 3.09. The van der Waals surface area contributed by atoms with Crippen LogP contribution in [-0.2, 0) is 19.6 Å². The van der Waals surface area contributed by atoms with Crippen molar-refractivity contribution in [3.8, 4) is 0 Å². The number of thioether (sulfide) groups is 1. The topological polar surface area (TPSA) is 95.6 Å². The average Bonchev–Trinajstić information content (AvgIpc) is 3.09. The Morgan fingerprint density at radius 2 is 1.73 bits per heavy atom. The lowest BCUT2D eigenvalue weighted by Gasteiger charge is -2.17. The highest BCUT2D eigenvalue weighted by atomic mass is 32.2. The number of rotatable bonds is 7. The molecule has 0 saturated carbocycles. The van der Waals surface area contributed by atoms with E-state index in [-0.39, 0.29) is 29.2 Å². The number of amides is 2. The maximum Gasteiger partial charge on any atom is 0.240 e. The fourth-order valence-electron chi connectivity index (χ4n) is 3.23. The van der Waals surface area contributed by atoms with Crippen molar-refractivity contribution in [2.45, 2.75) is 36.1 Å². The summed E-state index contributed by atoms with van der Waals surface area (Å²) in [4.78, 5) is 27.9. The molecule has 1 fully saturated rings. The van der Waals surface area contributed by atoms with Gasteiger partial charge < -0.3 is 10.2 Å². The van der Waals surface area contributed by atoms with Crippen molar-refractivity contribution >= 4 is 45.0 Å². The van der Waals surface area contributed by atoms with E-state index in [1.165, 1.54) is 12.1 Å². The number of anilines is 2. The summed E-state index contributed by atoms with van der Waals surface area (Å²) in [5.74, 6) is -0.820. The zero-order chi connectivity index (χ0) is 21.9. The van der Waals surface area contributed by atoms with E-state index in [1.54, 1.807) is 42.6 Å². The molecular formula is C21H25N3O4S2. The van der Waals surface area contributed by atoms with E-state index < -0.39 is 15.9 Å². The van der Waals surface area contributed by atoms with Crippen LogP contribution in [0.2, 0.25) is 0 Å². The van der Waals surface area contributed by atoms with Crippen molar-refractivity contribution in [3.63, 3.8) is 0 Å². The molecule has 160 valence electrons. The highest BCUT2D eigenvalue weighted by molar-refractivity contribution is 7.98. The van der Waals surface area contributed by atoms with Gasteiger partial charge in [0.1, 0.15) is 0 Å². The first-order valence-corrected chi connectivity index (χ1v) is 12.3. The van der Waals surface area contributed by atoms with Crippen molar-refractivity contribution in [2.75, 3.05) is 23.0 Å². The van der Waals surface area contributed by atoms with Gasteiger partial charge in [-0.3, -0.25) is 9.59 Å². The second kappa shape index (κ2) is 9.20. The number of hydrogen-bond acceptors (Lipinski definition) is 5. The van der Waals surface area contributed by atoms with Crippen LogP contribution in [0.3, 0.4) is 0 Å². The van der Waals surface area contributed by atoms with Crippen LogP contribution < -0.4 is 14.9 Å². The summed E-state index contributed by atoms with van der Waals surface area (Å²) in [6, 6.07) is 13.4. The predicted molar refractivity (Wildman–Crippen MR) is 119 cm³/mol. The zero-order valence-corrected chi connectivity index (χ0v) is 18.7.